The first-order valence-corrected chi connectivity index (χ1v) is 20.3. The third kappa shape index (κ3) is 8.93. The van der Waals surface area contributed by atoms with E-state index >= 15 is 0 Å². The van der Waals surface area contributed by atoms with Crippen molar-refractivity contribution in [1.82, 2.24) is 4.90 Å². The number of nitrogens with zero attached hydrogens (tertiary/aromatic N) is 2. The van der Waals surface area contributed by atoms with Gasteiger partial charge in [-0.15, -0.1) is 6.58 Å². The molecule has 2 aliphatic carbocycles. The van der Waals surface area contributed by atoms with Crippen molar-refractivity contribution < 1.29 is 38.8 Å². The van der Waals surface area contributed by atoms with Crippen LogP contribution < -0.4 is 9.47 Å². The number of amides is 1. The zero-order valence-corrected chi connectivity index (χ0v) is 33.7. The molecule has 0 aromatic heterocycles. The molecule has 1 fully saturated rings. The second-order valence-corrected chi connectivity index (χ2v) is 16.5. The van der Waals surface area contributed by atoms with Crippen LogP contribution in [0.4, 0.5) is 4.79 Å². The Kier molecular flexibility index (Phi) is 13.5. The average molecular weight is 769 g/mol. The predicted molar refractivity (Wildman–Crippen MR) is 219 cm³/mol. The second kappa shape index (κ2) is 18.3. The van der Waals surface area contributed by atoms with Crippen LogP contribution in [0.25, 0.3) is 10.8 Å². The van der Waals surface area contributed by atoms with Crippen LogP contribution >= 0.6 is 0 Å². The molecule has 3 aromatic carbocycles. The number of fused-ring (bicyclic) bond motifs is 3. The molecule has 10 heteroatoms. The number of carbonyl (C=O) groups is 1. The Morgan fingerprint density at radius 1 is 1.00 bits per heavy atom. The average Bonchev–Trinajstić information content (AvgIpc) is 3.19. The molecular formula is C46H60N2O8. The standard InChI is InChI=1S/C46H60N2O8/c1-7-25-53-46-41(48(6)44(51)52-30-45(3,4)5)29-39(47-54-8-2)37-27-33(17-11-13-23-49)36(18-12-14-24-50)42(43(37)46)38-28-35(21-22-40(38)56-46)55-34-20-19-31-15-9-10-16-32(31)26-34/h7,9-10,15-16,19-22,26-28,33,36,41-43,49-50H,1,8,11-14,17-18,23-25,29-30H2,2-6H3/t33-,36+,41-,42+,43+,46+/m0/s1. The summed E-state index contributed by atoms with van der Waals surface area (Å²) in [5, 5.41) is 26.7. The summed E-state index contributed by atoms with van der Waals surface area (Å²) in [5.74, 6) is 0.397. The molecule has 0 unspecified atom stereocenters. The zero-order chi connectivity index (χ0) is 39.9. The summed E-state index contributed by atoms with van der Waals surface area (Å²) in [5.41, 5.74) is 2.49. The molecule has 0 bridgehead atoms. The van der Waals surface area contributed by atoms with E-state index < -0.39 is 23.8 Å². The molecule has 6 atom stereocenters. The van der Waals surface area contributed by atoms with Crippen molar-refractivity contribution in [3.63, 3.8) is 0 Å². The summed E-state index contributed by atoms with van der Waals surface area (Å²) in [6, 6.07) is 19.6. The highest BCUT2D eigenvalue weighted by Crippen LogP contribution is 2.62. The number of ether oxygens (including phenoxy) is 4. The minimum atomic E-state index is -1.34. The van der Waals surface area contributed by atoms with Gasteiger partial charge in [0.1, 0.15) is 29.9 Å². The normalized spacial score (nSPS) is 24.7. The first kappa shape index (κ1) is 41.3. The van der Waals surface area contributed by atoms with Gasteiger partial charge in [0.15, 0.2) is 0 Å². The molecule has 1 amide bonds. The van der Waals surface area contributed by atoms with Gasteiger partial charge in [-0.25, -0.2) is 4.79 Å². The molecule has 10 nitrogen and oxygen atoms in total. The van der Waals surface area contributed by atoms with E-state index in [1.54, 1.807) is 18.0 Å². The minimum Gasteiger partial charge on any atom is -0.459 e. The fourth-order valence-corrected chi connectivity index (χ4v) is 8.81. The molecule has 302 valence electrons. The monoisotopic (exact) mass is 768 g/mol. The highest BCUT2D eigenvalue weighted by molar-refractivity contribution is 6.03. The number of aliphatic hydroxyl groups is 2. The van der Waals surface area contributed by atoms with E-state index in [1.165, 1.54) is 0 Å². The van der Waals surface area contributed by atoms with Crippen LogP contribution in [0.2, 0.25) is 0 Å². The van der Waals surface area contributed by atoms with Gasteiger partial charge >= 0.3 is 6.09 Å². The molecule has 6 rings (SSSR count). The Bertz CT molecular complexity index is 1880. The number of carbonyl (C=O) groups excluding carboxylic acids is 1. The van der Waals surface area contributed by atoms with Gasteiger partial charge in [0.05, 0.1) is 24.8 Å². The van der Waals surface area contributed by atoms with Crippen molar-refractivity contribution >= 4 is 22.6 Å². The third-order valence-electron chi connectivity index (χ3n) is 11.3. The van der Waals surface area contributed by atoms with Crippen LogP contribution in [0.5, 0.6) is 17.2 Å². The van der Waals surface area contributed by atoms with Crippen molar-refractivity contribution in [2.45, 2.75) is 90.4 Å². The Labute approximate surface area is 332 Å². The van der Waals surface area contributed by atoms with E-state index in [1.807, 2.05) is 64.1 Å². The number of unbranched alkanes of at least 4 members (excludes halogenated alkanes) is 2. The molecule has 1 saturated carbocycles. The summed E-state index contributed by atoms with van der Waals surface area (Å²) in [6.07, 6.45) is 8.67. The van der Waals surface area contributed by atoms with Crippen LogP contribution in [0, 0.1) is 23.2 Å². The molecule has 0 spiro atoms. The lowest BCUT2D eigenvalue weighted by molar-refractivity contribution is -0.253. The molecule has 56 heavy (non-hydrogen) atoms. The quantitative estimate of drug-likeness (QED) is 0.0793. The Morgan fingerprint density at radius 2 is 1.71 bits per heavy atom. The van der Waals surface area contributed by atoms with Gasteiger partial charge in [0.25, 0.3) is 0 Å². The summed E-state index contributed by atoms with van der Waals surface area (Å²) in [7, 11) is 1.75. The smallest absolute Gasteiger partial charge is 0.410 e. The van der Waals surface area contributed by atoms with Crippen molar-refractivity contribution in [2.75, 3.05) is 40.1 Å². The molecule has 1 aliphatic heterocycles. The van der Waals surface area contributed by atoms with Gasteiger partial charge in [-0.05, 0) is 96.5 Å². The summed E-state index contributed by atoms with van der Waals surface area (Å²) in [4.78, 5) is 21.4. The molecular weight excluding hydrogens is 709 g/mol. The maximum atomic E-state index is 14.0. The van der Waals surface area contributed by atoms with Crippen molar-refractivity contribution in [3.8, 4) is 17.2 Å². The van der Waals surface area contributed by atoms with Crippen molar-refractivity contribution in [3.05, 3.63) is 90.5 Å². The van der Waals surface area contributed by atoms with Crippen LogP contribution in [0.1, 0.15) is 84.1 Å². The van der Waals surface area contributed by atoms with Crippen molar-refractivity contribution in [2.24, 2.45) is 28.3 Å². The highest BCUT2D eigenvalue weighted by Gasteiger charge is 2.65. The lowest BCUT2D eigenvalue weighted by atomic mass is 9.55. The largest absolute Gasteiger partial charge is 0.459 e. The number of benzene rings is 3. The fourth-order valence-electron chi connectivity index (χ4n) is 8.81. The van der Waals surface area contributed by atoms with E-state index in [0.717, 1.165) is 59.1 Å². The second-order valence-electron chi connectivity index (χ2n) is 16.5. The van der Waals surface area contributed by atoms with Gasteiger partial charge in [-0.3, -0.25) is 0 Å². The topological polar surface area (TPSA) is 119 Å². The summed E-state index contributed by atoms with van der Waals surface area (Å²) in [6.45, 7) is 13.0. The molecule has 0 radical (unpaired) electrons. The van der Waals surface area contributed by atoms with Gasteiger partial charge in [-0.1, -0.05) is 81.3 Å². The van der Waals surface area contributed by atoms with E-state index in [2.05, 4.69) is 36.9 Å². The van der Waals surface area contributed by atoms with Crippen LogP contribution in [-0.4, -0.2) is 78.8 Å². The first-order valence-electron chi connectivity index (χ1n) is 20.3. The Balaban J connectivity index is 1.53. The van der Waals surface area contributed by atoms with E-state index in [4.69, 9.17) is 28.9 Å². The SMILES string of the molecule is C=CCO[C@@]12Oc3ccc(Oc4ccc5ccccc5c4)cc3[C@H]3[C@H](CCCCO)[C@@H](CCCCO)C=C(C(=NOCC)C[C@@H]1N(C)C(=O)OCC(C)(C)C)[C@H]32. The lowest BCUT2D eigenvalue weighted by Gasteiger charge is -2.59. The lowest BCUT2D eigenvalue weighted by Crippen LogP contribution is -2.69. The predicted octanol–water partition coefficient (Wildman–Crippen LogP) is 9.40. The van der Waals surface area contributed by atoms with Crippen molar-refractivity contribution in [1.29, 1.82) is 0 Å². The van der Waals surface area contributed by atoms with E-state index in [-0.39, 0.29) is 49.6 Å². The Morgan fingerprint density at radius 3 is 2.43 bits per heavy atom. The summed E-state index contributed by atoms with van der Waals surface area (Å²) >= 11 is 0. The molecule has 2 N–H and O–H groups in total. The first-order chi connectivity index (χ1) is 27.0. The Hall–Kier alpha value is -4.38. The van der Waals surface area contributed by atoms with Crippen LogP contribution in [-0.2, 0) is 14.3 Å². The van der Waals surface area contributed by atoms with Gasteiger partial charge in [-0.2, -0.15) is 0 Å². The number of aliphatic hydroxyl groups excluding tert-OH is 2. The van der Waals surface area contributed by atoms with E-state index in [0.29, 0.717) is 37.4 Å². The van der Waals surface area contributed by atoms with Gasteiger partial charge < -0.3 is 38.9 Å². The maximum absolute atomic E-state index is 14.0. The minimum absolute atomic E-state index is 0.101. The fraction of sp³-hybridized carbons (Fsp3) is 0.522. The van der Waals surface area contributed by atoms with Crippen LogP contribution in [0.15, 0.2) is 90.1 Å². The molecule has 3 aliphatic rings. The molecule has 0 saturated heterocycles. The van der Waals surface area contributed by atoms with Gasteiger partial charge in [0.2, 0.25) is 5.79 Å². The number of hydrogen-bond donors (Lipinski definition) is 2. The van der Waals surface area contributed by atoms with E-state index in [9.17, 15) is 15.0 Å². The molecule has 3 aromatic rings. The van der Waals surface area contributed by atoms with Gasteiger partial charge in [0, 0.05) is 38.2 Å². The summed E-state index contributed by atoms with van der Waals surface area (Å²) < 4.78 is 26.7. The molecule has 1 heterocycles. The number of likely N-dealkylation sites (N-methyl/N-ethyl adjacent to an activating group) is 1. The number of oxime groups is 1. The highest BCUT2D eigenvalue weighted by atomic mass is 16.7. The zero-order valence-electron chi connectivity index (χ0n) is 33.7. The van der Waals surface area contributed by atoms with Crippen LogP contribution in [0.3, 0.4) is 0 Å². The maximum Gasteiger partial charge on any atom is 0.410 e. The number of rotatable bonds is 17. The number of allylic oxidation sites excluding steroid dienone is 1. The number of hydrogen-bond acceptors (Lipinski definition) is 9. The third-order valence-corrected chi connectivity index (χ3v) is 11.3.